The maximum Gasteiger partial charge on any atom is 2.00 e. The summed E-state index contributed by atoms with van der Waals surface area (Å²) in [6.07, 6.45) is 4.93. The number of hydrogen-bond donors (Lipinski definition) is 0. The van der Waals surface area contributed by atoms with Crippen LogP contribution >= 0.6 is 7.82 Å². The molecule has 0 atom stereocenters. The van der Waals surface area contributed by atoms with Gasteiger partial charge in [0.1, 0.15) is 0 Å². The molecule has 0 unspecified atom stereocenters. The number of rotatable bonds is 7. The van der Waals surface area contributed by atoms with Crippen molar-refractivity contribution in [3.63, 3.8) is 0 Å². The van der Waals surface area contributed by atoms with Crippen LogP contribution in [0.15, 0.2) is 0 Å². The first-order chi connectivity index (χ1) is 5.56. The fraction of sp³-hybridized carbons (Fsp3) is 1.00. The van der Waals surface area contributed by atoms with E-state index in [1.807, 2.05) is 0 Å². The van der Waals surface area contributed by atoms with E-state index in [9.17, 15) is 14.4 Å². The maximum absolute atomic E-state index is 9.97. The van der Waals surface area contributed by atoms with Crippen LogP contribution in [0.3, 0.4) is 0 Å². The minimum absolute atomic E-state index is 0. The van der Waals surface area contributed by atoms with Gasteiger partial charge in [-0.3, -0.25) is 0 Å². The van der Waals surface area contributed by atoms with E-state index >= 15 is 0 Å². The molecule has 0 aliphatic carbocycles. The smallest absolute Gasteiger partial charge is 0.790 e. The van der Waals surface area contributed by atoms with E-state index in [2.05, 4.69) is 11.4 Å². The van der Waals surface area contributed by atoms with Gasteiger partial charge in [0.05, 0.1) is 14.4 Å². The monoisotopic (exact) mass is 252 g/mol. The molecule has 6 heteroatoms. The second kappa shape index (κ2) is 9.17. The third-order valence-electron chi connectivity index (χ3n) is 1.50. The molecule has 0 aliphatic rings. The van der Waals surface area contributed by atoms with Crippen LogP contribution in [0.2, 0.25) is 0 Å². The van der Waals surface area contributed by atoms with E-state index in [1.54, 1.807) is 0 Å². The van der Waals surface area contributed by atoms with Gasteiger partial charge in [0.25, 0.3) is 0 Å². The molecule has 82 valence electrons. The Morgan fingerprint density at radius 3 is 2.15 bits per heavy atom. The minimum Gasteiger partial charge on any atom is -0.790 e. The zero-order chi connectivity index (χ0) is 9.45. The van der Waals surface area contributed by atoms with E-state index in [-0.39, 0.29) is 23.1 Å². The third kappa shape index (κ3) is 15.4. The van der Waals surface area contributed by atoms with Crippen molar-refractivity contribution in [1.82, 2.24) is 0 Å². The molecular formula is C7H15NiO4P. The summed E-state index contributed by atoms with van der Waals surface area (Å²) in [6.45, 7) is 2.13. The van der Waals surface area contributed by atoms with Crippen molar-refractivity contribution >= 4 is 7.82 Å². The van der Waals surface area contributed by atoms with Crippen molar-refractivity contribution in [2.24, 2.45) is 0 Å². The minimum atomic E-state index is -4.72. The molecule has 0 N–H and O–H groups in total. The largest absolute Gasteiger partial charge is 2.00 e. The Labute approximate surface area is 89.2 Å². The summed E-state index contributed by atoms with van der Waals surface area (Å²) in [5, 5.41) is 0. The van der Waals surface area contributed by atoms with Crippen molar-refractivity contribution in [3.05, 3.63) is 0 Å². The van der Waals surface area contributed by atoms with E-state index in [4.69, 9.17) is 0 Å². The second-order valence-corrected chi connectivity index (χ2v) is 3.85. The van der Waals surface area contributed by atoms with Crippen LogP contribution in [0.4, 0.5) is 0 Å². The molecule has 0 spiro atoms. The molecule has 0 saturated carbocycles. The quantitative estimate of drug-likeness (QED) is 0.382. The summed E-state index contributed by atoms with van der Waals surface area (Å²) in [6, 6.07) is 0. The maximum atomic E-state index is 9.97. The van der Waals surface area contributed by atoms with Crippen LogP contribution in [-0.4, -0.2) is 6.61 Å². The molecule has 0 rings (SSSR count). The van der Waals surface area contributed by atoms with Gasteiger partial charge in [0, 0.05) is 0 Å². The van der Waals surface area contributed by atoms with Crippen LogP contribution in [0, 0.1) is 0 Å². The Hall–Kier alpha value is 0.604. The number of phosphoric acid groups is 1. The summed E-state index contributed by atoms with van der Waals surface area (Å²) in [5.74, 6) is 0. The number of unbranched alkanes of at least 4 members (excludes halogenated alkanes) is 4. The van der Waals surface area contributed by atoms with Crippen molar-refractivity contribution in [2.75, 3.05) is 6.61 Å². The zero-order valence-electron chi connectivity index (χ0n) is 7.64. The molecule has 0 aromatic carbocycles. The van der Waals surface area contributed by atoms with E-state index in [0.29, 0.717) is 6.42 Å². The Kier molecular flexibility index (Phi) is 11.3. The molecule has 0 bridgehead atoms. The fourth-order valence-electron chi connectivity index (χ4n) is 0.882. The standard InChI is InChI=1S/C7H17O4P.Ni/c1-2-3-4-5-6-7-11-12(8,9)10;/h2-7H2,1H3,(H2,8,9,10);/q;+2/p-2. The number of hydrogen-bond acceptors (Lipinski definition) is 4. The van der Waals surface area contributed by atoms with Gasteiger partial charge in [0.2, 0.25) is 0 Å². The van der Waals surface area contributed by atoms with Gasteiger partial charge in [-0.05, 0) is 6.42 Å². The van der Waals surface area contributed by atoms with Gasteiger partial charge < -0.3 is 18.9 Å². The molecule has 0 amide bonds. The summed E-state index contributed by atoms with van der Waals surface area (Å²) >= 11 is 0. The van der Waals surface area contributed by atoms with Gasteiger partial charge in [-0.15, -0.1) is 0 Å². The van der Waals surface area contributed by atoms with Gasteiger partial charge >= 0.3 is 16.5 Å². The van der Waals surface area contributed by atoms with Crippen LogP contribution < -0.4 is 9.79 Å². The predicted octanol–water partition coefficient (Wildman–Crippen LogP) is 0.800. The molecule has 0 heterocycles. The van der Waals surface area contributed by atoms with Crippen LogP contribution in [0.5, 0.6) is 0 Å². The first kappa shape index (κ1) is 16.0. The Bertz CT molecular complexity index is 147. The average Bonchev–Trinajstić information content (AvgIpc) is 1.94. The van der Waals surface area contributed by atoms with Gasteiger partial charge in [0.15, 0.2) is 0 Å². The molecule has 0 radical (unpaired) electrons. The van der Waals surface area contributed by atoms with Crippen LogP contribution in [-0.2, 0) is 25.6 Å². The first-order valence-corrected chi connectivity index (χ1v) is 5.69. The summed E-state index contributed by atoms with van der Waals surface area (Å²) < 4.78 is 14.0. The van der Waals surface area contributed by atoms with E-state index in [1.165, 1.54) is 0 Å². The Morgan fingerprint density at radius 2 is 1.69 bits per heavy atom. The topological polar surface area (TPSA) is 72.4 Å². The van der Waals surface area contributed by atoms with E-state index in [0.717, 1.165) is 25.7 Å². The molecule has 4 nitrogen and oxygen atoms in total. The normalized spacial score (nSPS) is 11.0. The second-order valence-electron chi connectivity index (χ2n) is 2.69. The molecule has 0 fully saturated rings. The molecule has 0 aliphatic heterocycles. The van der Waals surface area contributed by atoms with Crippen LogP contribution in [0.1, 0.15) is 39.0 Å². The molecule has 0 aromatic rings. The fourth-order valence-corrected chi connectivity index (χ4v) is 1.23. The van der Waals surface area contributed by atoms with Crippen molar-refractivity contribution in [1.29, 1.82) is 0 Å². The van der Waals surface area contributed by atoms with Gasteiger partial charge in [-0.25, -0.2) is 0 Å². The van der Waals surface area contributed by atoms with Crippen molar-refractivity contribution in [2.45, 2.75) is 39.0 Å². The third-order valence-corrected chi connectivity index (χ3v) is 2.00. The Balaban J connectivity index is 0. The summed E-state index contributed by atoms with van der Waals surface area (Å²) in [5.41, 5.74) is 0. The molecule has 0 saturated heterocycles. The first-order valence-electron chi connectivity index (χ1n) is 4.23. The SMILES string of the molecule is CCCCCCCOP(=O)([O-])[O-].[Ni+2]. The molecular weight excluding hydrogens is 238 g/mol. The van der Waals surface area contributed by atoms with Crippen molar-refractivity contribution in [3.8, 4) is 0 Å². The zero-order valence-corrected chi connectivity index (χ0v) is 9.52. The molecule has 0 aromatic heterocycles. The van der Waals surface area contributed by atoms with Crippen LogP contribution in [0.25, 0.3) is 0 Å². The predicted molar refractivity (Wildman–Crippen MR) is 42.3 cm³/mol. The average molecular weight is 253 g/mol. The van der Waals surface area contributed by atoms with Gasteiger partial charge in [-0.1, -0.05) is 32.6 Å². The van der Waals surface area contributed by atoms with Gasteiger partial charge in [-0.2, -0.15) is 0 Å². The van der Waals surface area contributed by atoms with E-state index < -0.39 is 7.82 Å². The van der Waals surface area contributed by atoms with Crippen molar-refractivity contribution < 1.29 is 35.4 Å². The molecule has 13 heavy (non-hydrogen) atoms. The Morgan fingerprint density at radius 1 is 1.15 bits per heavy atom. The summed E-state index contributed by atoms with van der Waals surface area (Å²) in [4.78, 5) is 19.9. The number of phosphoric ester groups is 1. The summed E-state index contributed by atoms with van der Waals surface area (Å²) in [7, 11) is -4.72.